The first kappa shape index (κ1) is 12.5. The molecule has 4 unspecified atom stereocenters. The summed E-state index contributed by atoms with van der Waals surface area (Å²) in [5.41, 5.74) is 5.18. The van der Waals surface area contributed by atoms with Gasteiger partial charge in [-0.05, 0) is 31.1 Å². The molecular formula is C11H21NO3. The van der Waals surface area contributed by atoms with Crippen LogP contribution in [0.25, 0.3) is 0 Å². The van der Waals surface area contributed by atoms with E-state index in [9.17, 15) is 9.90 Å². The van der Waals surface area contributed by atoms with Gasteiger partial charge in [0.1, 0.15) is 6.10 Å². The maximum Gasteiger partial charge on any atom is 0.336 e. The molecule has 4 nitrogen and oxygen atoms in total. The largest absolute Gasteiger partial charge is 0.460 e. The summed E-state index contributed by atoms with van der Waals surface area (Å²) >= 11 is 0. The highest BCUT2D eigenvalue weighted by Gasteiger charge is 2.28. The number of nitrogens with two attached hydrogens (primary N) is 1. The lowest BCUT2D eigenvalue weighted by molar-refractivity contribution is -0.161. The van der Waals surface area contributed by atoms with Crippen LogP contribution in [0.3, 0.4) is 0 Å². The Morgan fingerprint density at radius 2 is 2.13 bits per heavy atom. The molecule has 0 spiro atoms. The highest BCUT2D eigenvalue weighted by molar-refractivity contribution is 5.74. The van der Waals surface area contributed by atoms with Crippen LogP contribution in [0.5, 0.6) is 0 Å². The van der Waals surface area contributed by atoms with Crippen molar-refractivity contribution in [2.45, 2.75) is 45.3 Å². The molecule has 1 fully saturated rings. The minimum atomic E-state index is -1.17. The van der Waals surface area contributed by atoms with E-state index in [0.29, 0.717) is 11.8 Å². The topological polar surface area (TPSA) is 72.5 Å². The second-order valence-corrected chi connectivity index (χ2v) is 4.58. The molecule has 0 aliphatic heterocycles. The smallest absolute Gasteiger partial charge is 0.336 e. The molecular weight excluding hydrogens is 194 g/mol. The zero-order chi connectivity index (χ0) is 11.4. The van der Waals surface area contributed by atoms with Gasteiger partial charge in [0.2, 0.25) is 0 Å². The van der Waals surface area contributed by atoms with E-state index in [4.69, 9.17) is 10.5 Å². The van der Waals surface area contributed by atoms with Crippen LogP contribution < -0.4 is 5.73 Å². The molecule has 4 heteroatoms. The minimum Gasteiger partial charge on any atom is -0.460 e. The Kier molecular flexibility index (Phi) is 4.54. The van der Waals surface area contributed by atoms with Gasteiger partial charge in [0.25, 0.3) is 0 Å². The van der Waals surface area contributed by atoms with Gasteiger partial charge >= 0.3 is 5.97 Å². The molecule has 1 aliphatic rings. The van der Waals surface area contributed by atoms with Crippen LogP contribution in [0.4, 0.5) is 0 Å². The summed E-state index contributed by atoms with van der Waals surface area (Å²) in [6.45, 7) is 4.32. The van der Waals surface area contributed by atoms with Crippen molar-refractivity contribution in [3.63, 3.8) is 0 Å². The molecule has 1 saturated carbocycles. The van der Waals surface area contributed by atoms with Crippen LogP contribution in [-0.4, -0.2) is 29.8 Å². The molecule has 0 bridgehead atoms. The van der Waals surface area contributed by atoms with Crippen LogP contribution in [0.2, 0.25) is 0 Å². The lowest BCUT2D eigenvalue weighted by atomic mass is 9.80. The number of carbonyl (C=O) groups excluding carboxylic acids is 1. The Morgan fingerprint density at radius 3 is 2.67 bits per heavy atom. The highest BCUT2D eigenvalue weighted by Crippen LogP contribution is 2.30. The zero-order valence-corrected chi connectivity index (χ0v) is 9.48. The van der Waals surface area contributed by atoms with E-state index in [0.717, 1.165) is 19.3 Å². The molecule has 0 heterocycles. The molecule has 88 valence electrons. The fraction of sp³-hybridized carbons (Fsp3) is 0.909. The lowest BCUT2D eigenvalue weighted by Gasteiger charge is -2.31. The molecule has 0 amide bonds. The summed E-state index contributed by atoms with van der Waals surface area (Å²) in [7, 11) is 0. The molecule has 0 aromatic heterocycles. The monoisotopic (exact) mass is 215 g/mol. The first-order valence-electron chi connectivity index (χ1n) is 5.63. The Morgan fingerprint density at radius 1 is 1.47 bits per heavy atom. The van der Waals surface area contributed by atoms with Gasteiger partial charge < -0.3 is 15.6 Å². The second kappa shape index (κ2) is 5.47. The summed E-state index contributed by atoms with van der Waals surface area (Å²) in [5.74, 6) is 0.690. The molecule has 3 N–H and O–H groups in total. The quantitative estimate of drug-likeness (QED) is 0.679. The van der Waals surface area contributed by atoms with Gasteiger partial charge in [-0.15, -0.1) is 0 Å². The minimum absolute atomic E-state index is 0.0371. The fourth-order valence-electron chi connectivity index (χ4n) is 1.94. The average Bonchev–Trinajstić information content (AvgIpc) is 2.22. The molecule has 15 heavy (non-hydrogen) atoms. The van der Waals surface area contributed by atoms with Crippen LogP contribution in [0.1, 0.15) is 33.1 Å². The fourth-order valence-corrected chi connectivity index (χ4v) is 1.94. The number of aliphatic hydroxyl groups is 1. The number of hydrogen-bond donors (Lipinski definition) is 2. The van der Waals surface area contributed by atoms with Crippen LogP contribution in [-0.2, 0) is 9.53 Å². The van der Waals surface area contributed by atoms with Gasteiger partial charge in [-0.1, -0.05) is 13.8 Å². The van der Waals surface area contributed by atoms with Crippen molar-refractivity contribution in [1.82, 2.24) is 0 Å². The molecule has 0 radical (unpaired) electrons. The van der Waals surface area contributed by atoms with E-state index in [2.05, 4.69) is 13.8 Å². The normalized spacial score (nSPS) is 33.5. The van der Waals surface area contributed by atoms with E-state index < -0.39 is 12.1 Å². The molecule has 0 aromatic carbocycles. The third-order valence-electron chi connectivity index (χ3n) is 3.33. The van der Waals surface area contributed by atoms with Crippen LogP contribution in [0, 0.1) is 11.8 Å². The molecule has 4 atom stereocenters. The summed E-state index contributed by atoms with van der Waals surface area (Å²) in [5, 5.41) is 9.18. The van der Waals surface area contributed by atoms with Gasteiger partial charge in [-0.25, -0.2) is 4.79 Å². The highest BCUT2D eigenvalue weighted by atomic mass is 16.6. The van der Waals surface area contributed by atoms with Crippen LogP contribution in [0.15, 0.2) is 0 Å². The van der Waals surface area contributed by atoms with Crippen molar-refractivity contribution in [3.8, 4) is 0 Å². The third kappa shape index (κ3) is 3.47. The van der Waals surface area contributed by atoms with Crippen molar-refractivity contribution in [2.75, 3.05) is 6.54 Å². The molecule has 1 aliphatic carbocycles. The SMILES string of the molecule is CC1CCC(OC(=O)C(O)CN)CC1C. The molecule has 0 saturated heterocycles. The van der Waals surface area contributed by atoms with E-state index in [-0.39, 0.29) is 12.6 Å². The predicted octanol–water partition coefficient (Wildman–Crippen LogP) is 0.674. The van der Waals surface area contributed by atoms with Crippen molar-refractivity contribution in [2.24, 2.45) is 17.6 Å². The standard InChI is InChI=1S/C11H21NO3/c1-7-3-4-9(5-8(7)2)15-11(14)10(13)6-12/h7-10,13H,3-6,12H2,1-2H3. The second-order valence-electron chi connectivity index (χ2n) is 4.58. The maximum absolute atomic E-state index is 11.3. The summed E-state index contributed by atoms with van der Waals surface area (Å²) in [6.07, 6.45) is 1.67. The Balaban J connectivity index is 2.36. The summed E-state index contributed by atoms with van der Waals surface area (Å²) in [6, 6.07) is 0. The number of ether oxygens (including phenoxy) is 1. The summed E-state index contributed by atoms with van der Waals surface area (Å²) < 4.78 is 5.19. The van der Waals surface area contributed by atoms with Crippen molar-refractivity contribution >= 4 is 5.97 Å². The lowest BCUT2D eigenvalue weighted by Crippen LogP contribution is -2.36. The van der Waals surface area contributed by atoms with E-state index >= 15 is 0 Å². The van der Waals surface area contributed by atoms with Gasteiger partial charge in [-0.3, -0.25) is 0 Å². The number of aliphatic hydroxyl groups excluding tert-OH is 1. The first-order valence-corrected chi connectivity index (χ1v) is 5.63. The van der Waals surface area contributed by atoms with Crippen molar-refractivity contribution in [1.29, 1.82) is 0 Å². The first-order chi connectivity index (χ1) is 7.04. The Labute approximate surface area is 90.8 Å². The zero-order valence-electron chi connectivity index (χ0n) is 9.48. The number of rotatable bonds is 3. The van der Waals surface area contributed by atoms with E-state index in [1.54, 1.807) is 0 Å². The van der Waals surface area contributed by atoms with Crippen molar-refractivity contribution in [3.05, 3.63) is 0 Å². The average molecular weight is 215 g/mol. The maximum atomic E-state index is 11.3. The Hall–Kier alpha value is -0.610. The van der Waals surface area contributed by atoms with E-state index in [1.165, 1.54) is 0 Å². The number of esters is 1. The Bertz CT molecular complexity index is 220. The van der Waals surface area contributed by atoms with Gasteiger partial charge in [0, 0.05) is 6.54 Å². The van der Waals surface area contributed by atoms with Gasteiger partial charge in [-0.2, -0.15) is 0 Å². The molecule has 1 rings (SSSR count). The van der Waals surface area contributed by atoms with Crippen LogP contribution >= 0.6 is 0 Å². The van der Waals surface area contributed by atoms with Gasteiger partial charge in [0.05, 0.1) is 0 Å². The van der Waals surface area contributed by atoms with Gasteiger partial charge in [0.15, 0.2) is 6.10 Å². The molecule has 0 aromatic rings. The van der Waals surface area contributed by atoms with Crippen molar-refractivity contribution < 1.29 is 14.6 Å². The summed E-state index contributed by atoms with van der Waals surface area (Å²) in [4.78, 5) is 11.3. The predicted molar refractivity (Wildman–Crippen MR) is 57.1 cm³/mol. The number of carbonyl (C=O) groups is 1. The van der Waals surface area contributed by atoms with E-state index in [1.807, 2.05) is 0 Å². The number of hydrogen-bond acceptors (Lipinski definition) is 4. The third-order valence-corrected chi connectivity index (χ3v) is 3.33.